The van der Waals surface area contributed by atoms with Crippen LogP contribution >= 0.6 is 0 Å². The van der Waals surface area contributed by atoms with Crippen LogP contribution in [-0.4, -0.2) is 24.0 Å². The van der Waals surface area contributed by atoms with Crippen LogP contribution in [0.2, 0.25) is 0 Å². The molecule has 0 radical (unpaired) electrons. The number of hydrogen-bond donors (Lipinski definition) is 1. The predicted octanol–water partition coefficient (Wildman–Crippen LogP) is 2.33. The fourth-order valence-electron chi connectivity index (χ4n) is 1.80. The van der Waals surface area contributed by atoms with Crippen molar-refractivity contribution in [2.45, 2.75) is 12.8 Å². The van der Waals surface area contributed by atoms with E-state index in [1.54, 1.807) is 4.90 Å². The van der Waals surface area contributed by atoms with Gasteiger partial charge in [0.05, 0.1) is 17.3 Å². The number of carbonyl (C=O) groups excluding carboxylic acids is 1. The van der Waals surface area contributed by atoms with E-state index >= 15 is 0 Å². The molecule has 1 N–H and O–H groups in total. The van der Waals surface area contributed by atoms with Crippen LogP contribution in [0.3, 0.4) is 0 Å². The lowest BCUT2D eigenvalue weighted by atomic mass is 10.2. The average Bonchev–Trinajstić information content (AvgIpc) is 2.85. The first kappa shape index (κ1) is 11.4. The maximum Gasteiger partial charge on any atom is 0.321 e. The molecule has 1 saturated heterocycles. The van der Waals surface area contributed by atoms with Gasteiger partial charge in [0.1, 0.15) is 5.82 Å². The van der Waals surface area contributed by atoms with Crippen LogP contribution < -0.4 is 5.32 Å². The molecule has 0 aliphatic carbocycles. The molecule has 1 aromatic carbocycles. The summed E-state index contributed by atoms with van der Waals surface area (Å²) in [7, 11) is 0. The topological polar surface area (TPSA) is 56.1 Å². The van der Waals surface area contributed by atoms with Crippen LogP contribution in [0, 0.1) is 17.1 Å². The summed E-state index contributed by atoms with van der Waals surface area (Å²) in [4.78, 5) is 13.4. The van der Waals surface area contributed by atoms with Crippen molar-refractivity contribution in [3.05, 3.63) is 29.6 Å². The van der Waals surface area contributed by atoms with Crippen LogP contribution in [0.5, 0.6) is 0 Å². The van der Waals surface area contributed by atoms with Crippen molar-refractivity contribution in [1.82, 2.24) is 4.90 Å². The Kier molecular flexibility index (Phi) is 3.24. The standard InChI is InChI=1S/C12H12FN3O/c13-10-7-9(8-14)3-4-11(10)15-12(17)16-5-1-2-6-16/h3-4,7H,1-2,5-6H2,(H,15,17). The Morgan fingerprint density at radius 3 is 2.71 bits per heavy atom. The van der Waals surface area contributed by atoms with Gasteiger partial charge < -0.3 is 10.2 Å². The Hall–Kier alpha value is -2.09. The number of hydrogen-bond acceptors (Lipinski definition) is 2. The number of nitrogens with one attached hydrogen (secondary N) is 1. The van der Waals surface area contributed by atoms with Crippen LogP contribution in [-0.2, 0) is 0 Å². The molecule has 17 heavy (non-hydrogen) atoms. The van der Waals surface area contributed by atoms with E-state index in [-0.39, 0.29) is 17.3 Å². The lowest BCUT2D eigenvalue weighted by Crippen LogP contribution is -2.32. The second-order valence-electron chi connectivity index (χ2n) is 3.93. The number of urea groups is 1. The van der Waals surface area contributed by atoms with E-state index in [0.29, 0.717) is 13.1 Å². The maximum absolute atomic E-state index is 13.5. The molecule has 0 atom stereocenters. The number of halogens is 1. The van der Waals surface area contributed by atoms with Crippen LogP contribution in [0.1, 0.15) is 18.4 Å². The van der Waals surface area contributed by atoms with Gasteiger partial charge in [-0.25, -0.2) is 9.18 Å². The Bertz CT molecular complexity index is 475. The minimum Gasteiger partial charge on any atom is -0.325 e. The number of amides is 2. The van der Waals surface area contributed by atoms with Gasteiger partial charge in [0.2, 0.25) is 0 Å². The SMILES string of the molecule is N#Cc1ccc(NC(=O)N2CCCC2)c(F)c1. The summed E-state index contributed by atoms with van der Waals surface area (Å²) < 4.78 is 13.5. The highest BCUT2D eigenvalue weighted by molar-refractivity contribution is 5.89. The molecule has 0 bridgehead atoms. The van der Waals surface area contributed by atoms with E-state index < -0.39 is 5.82 Å². The lowest BCUT2D eigenvalue weighted by Gasteiger charge is -2.16. The van der Waals surface area contributed by atoms with Gasteiger partial charge in [0, 0.05) is 13.1 Å². The molecule has 1 aromatic rings. The van der Waals surface area contributed by atoms with Gasteiger partial charge in [-0.3, -0.25) is 0 Å². The number of likely N-dealkylation sites (tertiary alicyclic amines) is 1. The molecule has 5 heteroatoms. The number of nitriles is 1. The van der Waals surface area contributed by atoms with E-state index in [4.69, 9.17) is 5.26 Å². The first-order valence-electron chi connectivity index (χ1n) is 5.46. The Morgan fingerprint density at radius 2 is 2.12 bits per heavy atom. The largest absolute Gasteiger partial charge is 0.325 e. The molecule has 1 heterocycles. The van der Waals surface area contributed by atoms with Gasteiger partial charge in [-0.05, 0) is 31.0 Å². The summed E-state index contributed by atoms with van der Waals surface area (Å²) in [5.41, 5.74) is 0.350. The van der Waals surface area contributed by atoms with Gasteiger partial charge in [-0.1, -0.05) is 0 Å². The highest BCUT2D eigenvalue weighted by atomic mass is 19.1. The van der Waals surface area contributed by atoms with Crippen molar-refractivity contribution in [1.29, 1.82) is 5.26 Å². The minimum atomic E-state index is -0.586. The molecule has 88 valence electrons. The summed E-state index contributed by atoms with van der Waals surface area (Å²) in [6.45, 7) is 1.42. The van der Waals surface area contributed by atoms with Crippen molar-refractivity contribution in [3.63, 3.8) is 0 Å². The first-order chi connectivity index (χ1) is 8.20. The van der Waals surface area contributed by atoms with Gasteiger partial charge in [0.15, 0.2) is 0 Å². The van der Waals surface area contributed by atoms with Crippen molar-refractivity contribution >= 4 is 11.7 Å². The summed E-state index contributed by atoms with van der Waals surface area (Å²) >= 11 is 0. The Morgan fingerprint density at radius 1 is 1.41 bits per heavy atom. The smallest absolute Gasteiger partial charge is 0.321 e. The molecule has 1 aliphatic rings. The summed E-state index contributed by atoms with van der Waals surface area (Å²) in [6, 6.07) is 5.54. The number of nitrogens with zero attached hydrogens (tertiary/aromatic N) is 2. The molecule has 0 unspecified atom stereocenters. The molecule has 2 rings (SSSR count). The zero-order chi connectivity index (χ0) is 12.3. The molecule has 0 aromatic heterocycles. The van der Waals surface area contributed by atoms with Gasteiger partial charge >= 0.3 is 6.03 Å². The van der Waals surface area contributed by atoms with E-state index in [2.05, 4.69) is 5.32 Å². The fraction of sp³-hybridized carbons (Fsp3) is 0.333. The molecule has 2 amide bonds. The highest BCUT2D eigenvalue weighted by Gasteiger charge is 2.18. The number of carbonyl (C=O) groups is 1. The van der Waals surface area contributed by atoms with E-state index in [1.807, 2.05) is 6.07 Å². The van der Waals surface area contributed by atoms with Gasteiger partial charge in [-0.2, -0.15) is 5.26 Å². The first-order valence-corrected chi connectivity index (χ1v) is 5.46. The molecule has 1 aliphatic heterocycles. The summed E-state index contributed by atoms with van der Waals surface area (Å²) in [5.74, 6) is -0.586. The summed E-state index contributed by atoms with van der Waals surface area (Å²) in [5, 5.41) is 11.1. The van der Waals surface area contributed by atoms with Crippen molar-refractivity contribution in [3.8, 4) is 6.07 Å². The predicted molar refractivity (Wildman–Crippen MR) is 60.9 cm³/mol. The third kappa shape index (κ3) is 2.53. The molecule has 0 saturated carbocycles. The van der Waals surface area contributed by atoms with Gasteiger partial charge in [-0.15, -0.1) is 0 Å². The third-order valence-electron chi connectivity index (χ3n) is 2.73. The normalized spacial score (nSPS) is 14.5. The Labute approximate surface area is 98.6 Å². The van der Waals surface area contributed by atoms with Crippen molar-refractivity contribution in [2.75, 3.05) is 18.4 Å². The maximum atomic E-state index is 13.5. The lowest BCUT2D eigenvalue weighted by molar-refractivity contribution is 0.222. The molecular formula is C12H12FN3O. The quantitative estimate of drug-likeness (QED) is 0.809. The van der Waals surface area contributed by atoms with Crippen LogP contribution in [0.25, 0.3) is 0 Å². The second kappa shape index (κ2) is 4.83. The number of benzene rings is 1. The second-order valence-corrected chi connectivity index (χ2v) is 3.93. The molecule has 4 nitrogen and oxygen atoms in total. The van der Waals surface area contributed by atoms with E-state index in [0.717, 1.165) is 18.9 Å². The van der Waals surface area contributed by atoms with E-state index in [9.17, 15) is 9.18 Å². The zero-order valence-corrected chi connectivity index (χ0v) is 9.24. The zero-order valence-electron chi connectivity index (χ0n) is 9.24. The number of rotatable bonds is 1. The molecule has 1 fully saturated rings. The number of anilines is 1. The van der Waals surface area contributed by atoms with Crippen molar-refractivity contribution in [2.24, 2.45) is 0 Å². The van der Waals surface area contributed by atoms with Crippen LogP contribution in [0.4, 0.5) is 14.9 Å². The summed E-state index contributed by atoms with van der Waals surface area (Å²) in [6.07, 6.45) is 1.98. The molecule has 0 spiro atoms. The highest BCUT2D eigenvalue weighted by Crippen LogP contribution is 2.17. The average molecular weight is 233 g/mol. The van der Waals surface area contributed by atoms with Gasteiger partial charge in [0.25, 0.3) is 0 Å². The minimum absolute atomic E-state index is 0.112. The van der Waals surface area contributed by atoms with Crippen molar-refractivity contribution < 1.29 is 9.18 Å². The monoisotopic (exact) mass is 233 g/mol. The Balaban J connectivity index is 2.08. The fourth-order valence-corrected chi connectivity index (χ4v) is 1.80. The third-order valence-corrected chi connectivity index (χ3v) is 2.73. The molecular weight excluding hydrogens is 221 g/mol. The van der Waals surface area contributed by atoms with Crippen LogP contribution in [0.15, 0.2) is 18.2 Å². The van der Waals surface area contributed by atoms with E-state index in [1.165, 1.54) is 12.1 Å².